The van der Waals surface area contributed by atoms with Crippen molar-refractivity contribution in [2.45, 2.75) is 19.4 Å². The van der Waals surface area contributed by atoms with E-state index in [2.05, 4.69) is 23.4 Å². The molecule has 0 aromatic carbocycles. The van der Waals surface area contributed by atoms with Crippen molar-refractivity contribution in [2.24, 2.45) is 0 Å². The van der Waals surface area contributed by atoms with Gasteiger partial charge in [-0.2, -0.15) is 4.39 Å². The van der Waals surface area contributed by atoms with Gasteiger partial charge in [-0.15, -0.1) is 11.3 Å². The van der Waals surface area contributed by atoms with Crippen LogP contribution in [0.2, 0.25) is 0 Å². The molecule has 2 heterocycles. The molecular weight excluding hydrogens is 235 g/mol. The minimum atomic E-state index is -0.433. The average Bonchev–Trinajstić information content (AvgIpc) is 2.80. The summed E-state index contributed by atoms with van der Waals surface area (Å²) in [6.07, 6.45) is 0.951. The molecule has 0 fully saturated rings. The molecule has 0 aliphatic rings. The average molecular weight is 250 g/mol. The summed E-state index contributed by atoms with van der Waals surface area (Å²) >= 11 is 1.75. The van der Waals surface area contributed by atoms with Gasteiger partial charge in [0.15, 0.2) is 0 Å². The van der Waals surface area contributed by atoms with E-state index in [-0.39, 0.29) is 0 Å². The SMILES string of the molecule is CC(Cc1cccs1)N(C)c1cccc(F)n1. The number of nitrogens with zero attached hydrogens (tertiary/aromatic N) is 2. The van der Waals surface area contributed by atoms with Gasteiger partial charge in [0, 0.05) is 24.4 Å². The van der Waals surface area contributed by atoms with E-state index >= 15 is 0 Å². The number of rotatable bonds is 4. The van der Waals surface area contributed by atoms with Crippen LogP contribution >= 0.6 is 11.3 Å². The van der Waals surface area contributed by atoms with Crippen molar-refractivity contribution in [3.8, 4) is 0 Å². The Morgan fingerprint density at radius 2 is 2.18 bits per heavy atom. The molecule has 0 aliphatic heterocycles. The van der Waals surface area contributed by atoms with Crippen molar-refractivity contribution in [1.82, 2.24) is 4.98 Å². The Morgan fingerprint density at radius 1 is 1.35 bits per heavy atom. The third kappa shape index (κ3) is 3.03. The van der Waals surface area contributed by atoms with Gasteiger partial charge in [0.1, 0.15) is 5.82 Å². The number of hydrogen-bond donors (Lipinski definition) is 0. The van der Waals surface area contributed by atoms with Crippen molar-refractivity contribution in [2.75, 3.05) is 11.9 Å². The highest BCUT2D eigenvalue weighted by Crippen LogP contribution is 2.17. The van der Waals surface area contributed by atoms with Gasteiger partial charge in [-0.05, 0) is 30.5 Å². The number of thiophene rings is 1. The maximum Gasteiger partial charge on any atom is 0.214 e. The highest BCUT2D eigenvalue weighted by molar-refractivity contribution is 7.09. The monoisotopic (exact) mass is 250 g/mol. The topological polar surface area (TPSA) is 16.1 Å². The maximum atomic E-state index is 13.0. The first-order valence-corrected chi connectivity index (χ1v) is 6.42. The number of likely N-dealkylation sites (N-methyl/N-ethyl adjacent to an activating group) is 1. The predicted molar refractivity (Wildman–Crippen MR) is 70.1 cm³/mol. The molecule has 0 bridgehead atoms. The summed E-state index contributed by atoms with van der Waals surface area (Å²) in [5.41, 5.74) is 0. The zero-order chi connectivity index (χ0) is 12.3. The van der Waals surface area contributed by atoms with E-state index in [9.17, 15) is 4.39 Å². The number of halogens is 1. The molecular formula is C13H15FN2S. The molecule has 2 aromatic heterocycles. The number of pyridine rings is 1. The number of aromatic nitrogens is 1. The highest BCUT2D eigenvalue weighted by Gasteiger charge is 2.12. The lowest BCUT2D eigenvalue weighted by Gasteiger charge is -2.25. The minimum Gasteiger partial charge on any atom is -0.357 e. The van der Waals surface area contributed by atoms with Crippen LogP contribution in [0.5, 0.6) is 0 Å². The molecule has 17 heavy (non-hydrogen) atoms. The second kappa shape index (κ2) is 5.27. The summed E-state index contributed by atoms with van der Waals surface area (Å²) in [6, 6.07) is 9.34. The summed E-state index contributed by atoms with van der Waals surface area (Å²) in [6.45, 7) is 2.12. The first kappa shape index (κ1) is 12.0. The predicted octanol–water partition coefficient (Wildman–Crippen LogP) is 3.35. The second-order valence-corrected chi connectivity index (χ2v) is 5.09. The van der Waals surface area contributed by atoms with Crippen molar-refractivity contribution >= 4 is 17.2 Å². The summed E-state index contributed by atoms with van der Waals surface area (Å²) < 4.78 is 13.0. The van der Waals surface area contributed by atoms with Gasteiger partial charge < -0.3 is 4.90 Å². The smallest absolute Gasteiger partial charge is 0.214 e. The fourth-order valence-corrected chi connectivity index (χ4v) is 2.50. The minimum absolute atomic E-state index is 0.294. The van der Waals surface area contributed by atoms with Gasteiger partial charge in [0.25, 0.3) is 0 Å². The van der Waals surface area contributed by atoms with Crippen LogP contribution in [-0.2, 0) is 6.42 Å². The normalized spacial score (nSPS) is 12.4. The lowest BCUT2D eigenvalue weighted by atomic mass is 10.2. The Balaban J connectivity index is 2.06. The second-order valence-electron chi connectivity index (χ2n) is 4.06. The lowest BCUT2D eigenvalue weighted by molar-refractivity contribution is 0.577. The summed E-state index contributed by atoms with van der Waals surface area (Å²) in [7, 11) is 1.94. The van der Waals surface area contributed by atoms with E-state index < -0.39 is 5.95 Å². The van der Waals surface area contributed by atoms with Crippen LogP contribution in [0.3, 0.4) is 0 Å². The van der Waals surface area contributed by atoms with Crippen LogP contribution in [0.4, 0.5) is 10.2 Å². The molecule has 2 rings (SSSR count). The third-order valence-electron chi connectivity index (χ3n) is 2.80. The van der Waals surface area contributed by atoms with E-state index in [0.29, 0.717) is 11.9 Å². The van der Waals surface area contributed by atoms with Crippen LogP contribution in [-0.4, -0.2) is 18.1 Å². The van der Waals surface area contributed by atoms with Crippen LogP contribution < -0.4 is 4.90 Å². The van der Waals surface area contributed by atoms with Crippen LogP contribution in [0.15, 0.2) is 35.7 Å². The van der Waals surface area contributed by atoms with Crippen molar-refractivity contribution in [1.29, 1.82) is 0 Å². The van der Waals surface area contributed by atoms with E-state index in [1.165, 1.54) is 10.9 Å². The summed E-state index contributed by atoms with van der Waals surface area (Å²) in [5.74, 6) is 0.242. The zero-order valence-corrected chi connectivity index (χ0v) is 10.7. The van der Waals surface area contributed by atoms with Gasteiger partial charge in [-0.3, -0.25) is 0 Å². The van der Waals surface area contributed by atoms with Gasteiger partial charge in [0.2, 0.25) is 5.95 Å². The molecule has 1 unspecified atom stereocenters. The molecule has 4 heteroatoms. The molecule has 0 N–H and O–H groups in total. The Hall–Kier alpha value is -1.42. The lowest BCUT2D eigenvalue weighted by Crippen LogP contribution is -2.31. The molecule has 2 aromatic rings. The quantitative estimate of drug-likeness (QED) is 0.774. The van der Waals surface area contributed by atoms with Gasteiger partial charge in [0.05, 0.1) is 0 Å². The van der Waals surface area contributed by atoms with Crippen molar-refractivity contribution in [3.63, 3.8) is 0 Å². The largest absolute Gasteiger partial charge is 0.357 e. The summed E-state index contributed by atoms with van der Waals surface area (Å²) in [4.78, 5) is 7.22. The molecule has 2 nitrogen and oxygen atoms in total. The molecule has 0 saturated carbocycles. The molecule has 1 atom stereocenters. The van der Waals surface area contributed by atoms with Crippen LogP contribution in [0.25, 0.3) is 0 Å². The zero-order valence-electron chi connectivity index (χ0n) is 9.93. The van der Waals surface area contributed by atoms with Gasteiger partial charge in [-0.25, -0.2) is 4.98 Å². The first-order chi connectivity index (χ1) is 8.16. The third-order valence-corrected chi connectivity index (χ3v) is 3.70. The van der Waals surface area contributed by atoms with E-state index in [1.54, 1.807) is 17.4 Å². The van der Waals surface area contributed by atoms with E-state index in [0.717, 1.165) is 6.42 Å². The molecule has 0 radical (unpaired) electrons. The Bertz CT molecular complexity index is 470. The fraction of sp³-hybridized carbons (Fsp3) is 0.308. The standard InChI is InChI=1S/C13H15FN2S/c1-10(9-11-5-4-8-17-11)16(2)13-7-3-6-12(14)15-13/h3-8,10H,9H2,1-2H3. The molecule has 0 aliphatic carbocycles. The van der Waals surface area contributed by atoms with Crippen LogP contribution in [0, 0.1) is 5.95 Å². The summed E-state index contributed by atoms with van der Waals surface area (Å²) in [5, 5.41) is 2.07. The Labute approximate surface area is 105 Å². The molecule has 0 saturated heterocycles. The highest BCUT2D eigenvalue weighted by atomic mass is 32.1. The Kier molecular flexibility index (Phi) is 3.74. The first-order valence-electron chi connectivity index (χ1n) is 5.54. The van der Waals surface area contributed by atoms with E-state index in [4.69, 9.17) is 0 Å². The fourth-order valence-electron chi connectivity index (χ4n) is 1.68. The molecule has 90 valence electrons. The number of anilines is 1. The molecule has 0 amide bonds. The van der Waals surface area contributed by atoms with Gasteiger partial charge in [-0.1, -0.05) is 12.1 Å². The van der Waals surface area contributed by atoms with Crippen molar-refractivity contribution in [3.05, 3.63) is 46.5 Å². The van der Waals surface area contributed by atoms with Gasteiger partial charge >= 0.3 is 0 Å². The maximum absolute atomic E-state index is 13.0. The van der Waals surface area contributed by atoms with Crippen LogP contribution in [0.1, 0.15) is 11.8 Å². The van der Waals surface area contributed by atoms with E-state index in [1.807, 2.05) is 24.1 Å². The number of hydrogen-bond acceptors (Lipinski definition) is 3. The molecule has 0 spiro atoms. The Morgan fingerprint density at radius 3 is 2.82 bits per heavy atom. The van der Waals surface area contributed by atoms with Crippen molar-refractivity contribution < 1.29 is 4.39 Å².